The smallest absolute Gasteiger partial charge is 0.359 e. The molecule has 2 rings (SSSR count). The summed E-state index contributed by atoms with van der Waals surface area (Å²) in [7, 11) is 1.62. The molecular weight excluding hydrogens is 297 g/mol. The minimum Gasteiger partial charge on any atom is -0.456 e. The zero-order chi connectivity index (χ0) is 15.6. The number of ether oxygens (including phenoxy) is 1. The van der Waals surface area contributed by atoms with E-state index < -0.39 is 11.8 Å². The normalized spacial score (nSPS) is 10.7. The Hall–Kier alpha value is -2.08. The standard InChI is InChI=1S/C14H15ClFN3O2/c1-3-11-12(17)13(19(2)18-11)14(20)21-7-8-4-5-9(16)6-10(8)15/h4-6H,3,7,17H2,1-2H3. The number of nitrogen functional groups attached to an aromatic ring is 1. The fraction of sp³-hybridized carbons (Fsp3) is 0.286. The van der Waals surface area contributed by atoms with Gasteiger partial charge < -0.3 is 10.5 Å². The number of aryl methyl sites for hydroxylation is 2. The van der Waals surface area contributed by atoms with Crippen molar-refractivity contribution in [3.05, 3.63) is 46.0 Å². The molecule has 0 aliphatic rings. The molecule has 1 heterocycles. The Bertz CT molecular complexity index is 685. The Kier molecular flexibility index (Phi) is 4.47. The van der Waals surface area contributed by atoms with E-state index in [1.807, 2.05) is 6.92 Å². The maximum atomic E-state index is 12.9. The van der Waals surface area contributed by atoms with E-state index in [1.54, 1.807) is 7.05 Å². The minimum atomic E-state index is -0.595. The molecule has 2 N–H and O–H groups in total. The molecule has 5 nitrogen and oxygen atoms in total. The molecule has 2 aromatic rings. The number of hydrogen-bond acceptors (Lipinski definition) is 4. The van der Waals surface area contributed by atoms with Crippen LogP contribution in [0.25, 0.3) is 0 Å². The SMILES string of the molecule is CCc1nn(C)c(C(=O)OCc2ccc(F)cc2Cl)c1N. The molecule has 0 spiro atoms. The molecule has 0 unspecified atom stereocenters. The van der Waals surface area contributed by atoms with Crippen LogP contribution in [0.3, 0.4) is 0 Å². The van der Waals surface area contributed by atoms with Gasteiger partial charge >= 0.3 is 5.97 Å². The third kappa shape index (κ3) is 3.16. The summed E-state index contributed by atoms with van der Waals surface area (Å²) in [5.74, 6) is -1.04. The summed E-state index contributed by atoms with van der Waals surface area (Å²) in [5.41, 5.74) is 7.55. The van der Waals surface area contributed by atoms with E-state index >= 15 is 0 Å². The van der Waals surface area contributed by atoms with Crippen molar-refractivity contribution in [2.45, 2.75) is 20.0 Å². The first-order valence-corrected chi connectivity index (χ1v) is 6.74. The zero-order valence-corrected chi connectivity index (χ0v) is 12.4. The van der Waals surface area contributed by atoms with Gasteiger partial charge in [-0.1, -0.05) is 24.6 Å². The van der Waals surface area contributed by atoms with Gasteiger partial charge in [-0.25, -0.2) is 9.18 Å². The van der Waals surface area contributed by atoms with Gasteiger partial charge in [0.25, 0.3) is 0 Å². The Morgan fingerprint density at radius 2 is 2.24 bits per heavy atom. The number of carbonyl (C=O) groups excluding carboxylic acids is 1. The second kappa shape index (κ2) is 6.13. The number of nitrogens with zero attached hydrogens (tertiary/aromatic N) is 2. The first kappa shape index (κ1) is 15.3. The van der Waals surface area contributed by atoms with Crippen LogP contribution in [0.4, 0.5) is 10.1 Å². The maximum absolute atomic E-state index is 12.9. The average molecular weight is 312 g/mol. The van der Waals surface area contributed by atoms with Gasteiger partial charge in [0, 0.05) is 12.6 Å². The monoisotopic (exact) mass is 311 g/mol. The van der Waals surface area contributed by atoms with Gasteiger partial charge in [-0.05, 0) is 18.6 Å². The second-order valence-corrected chi connectivity index (χ2v) is 4.91. The third-order valence-electron chi connectivity index (χ3n) is 3.06. The molecule has 0 aliphatic carbocycles. The van der Waals surface area contributed by atoms with Crippen molar-refractivity contribution in [3.63, 3.8) is 0 Å². The van der Waals surface area contributed by atoms with Crippen molar-refractivity contribution in [2.75, 3.05) is 5.73 Å². The summed E-state index contributed by atoms with van der Waals surface area (Å²) in [6, 6.07) is 3.88. The highest BCUT2D eigenvalue weighted by molar-refractivity contribution is 6.31. The molecule has 0 saturated carbocycles. The van der Waals surface area contributed by atoms with Crippen LogP contribution in [0, 0.1) is 5.82 Å². The van der Waals surface area contributed by atoms with Gasteiger partial charge in [0.15, 0.2) is 5.69 Å². The van der Waals surface area contributed by atoms with Crippen molar-refractivity contribution in [2.24, 2.45) is 7.05 Å². The Morgan fingerprint density at radius 1 is 1.52 bits per heavy atom. The van der Waals surface area contributed by atoms with Gasteiger partial charge in [0.1, 0.15) is 12.4 Å². The number of carbonyl (C=O) groups is 1. The number of esters is 1. The van der Waals surface area contributed by atoms with Gasteiger partial charge in [-0.3, -0.25) is 4.68 Å². The van der Waals surface area contributed by atoms with Crippen molar-refractivity contribution >= 4 is 23.3 Å². The molecule has 0 atom stereocenters. The lowest BCUT2D eigenvalue weighted by molar-refractivity contribution is 0.0461. The summed E-state index contributed by atoms with van der Waals surface area (Å²) in [5, 5.41) is 4.35. The first-order valence-electron chi connectivity index (χ1n) is 6.36. The summed E-state index contributed by atoms with van der Waals surface area (Å²) in [6.07, 6.45) is 0.622. The van der Waals surface area contributed by atoms with E-state index in [-0.39, 0.29) is 17.3 Å². The number of rotatable bonds is 4. The summed E-state index contributed by atoms with van der Waals surface area (Å²) >= 11 is 5.87. The minimum absolute atomic E-state index is 0.0655. The van der Waals surface area contributed by atoms with Crippen LogP contribution in [0.5, 0.6) is 0 Å². The van der Waals surface area contributed by atoms with Crippen LogP contribution in [0.1, 0.15) is 28.7 Å². The van der Waals surface area contributed by atoms with Gasteiger partial charge in [-0.2, -0.15) is 5.10 Å². The molecule has 7 heteroatoms. The van der Waals surface area contributed by atoms with Crippen molar-refractivity contribution in [1.29, 1.82) is 0 Å². The number of anilines is 1. The number of benzene rings is 1. The lowest BCUT2D eigenvalue weighted by Crippen LogP contribution is -2.12. The van der Waals surface area contributed by atoms with E-state index in [1.165, 1.54) is 22.9 Å². The number of aromatic nitrogens is 2. The largest absolute Gasteiger partial charge is 0.456 e. The van der Waals surface area contributed by atoms with E-state index in [9.17, 15) is 9.18 Å². The van der Waals surface area contributed by atoms with Crippen molar-refractivity contribution in [1.82, 2.24) is 9.78 Å². The molecular formula is C14H15ClFN3O2. The molecule has 1 aromatic carbocycles. The number of nitrogens with two attached hydrogens (primary N) is 1. The van der Waals surface area contributed by atoms with E-state index in [2.05, 4.69) is 5.10 Å². The Labute approximate surface area is 126 Å². The lowest BCUT2D eigenvalue weighted by atomic mass is 10.2. The zero-order valence-electron chi connectivity index (χ0n) is 11.7. The molecule has 112 valence electrons. The average Bonchev–Trinajstić information content (AvgIpc) is 2.72. The fourth-order valence-corrected chi connectivity index (χ4v) is 2.17. The van der Waals surface area contributed by atoms with E-state index in [0.29, 0.717) is 23.4 Å². The highest BCUT2D eigenvalue weighted by atomic mass is 35.5. The molecule has 0 aliphatic heterocycles. The predicted octanol–water partition coefficient (Wildman–Crippen LogP) is 2.71. The topological polar surface area (TPSA) is 70.1 Å². The summed E-state index contributed by atoms with van der Waals surface area (Å²) in [6.45, 7) is 1.83. The van der Waals surface area contributed by atoms with E-state index in [4.69, 9.17) is 22.1 Å². The van der Waals surface area contributed by atoms with Crippen LogP contribution in [0.2, 0.25) is 5.02 Å². The molecule has 1 aromatic heterocycles. The van der Waals surface area contributed by atoms with Crippen LogP contribution in [0.15, 0.2) is 18.2 Å². The van der Waals surface area contributed by atoms with Gasteiger partial charge in [-0.15, -0.1) is 0 Å². The molecule has 0 saturated heterocycles. The van der Waals surface area contributed by atoms with Crippen molar-refractivity contribution in [3.8, 4) is 0 Å². The number of hydrogen-bond donors (Lipinski definition) is 1. The van der Waals surface area contributed by atoms with Crippen molar-refractivity contribution < 1.29 is 13.9 Å². The van der Waals surface area contributed by atoms with Gasteiger partial charge in [0.2, 0.25) is 0 Å². The van der Waals surface area contributed by atoms with Crippen LogP contribution in [-0.4, -0.2) is 15.7 Å². The molecule has 0 radical (unpaired) electrons. The molecule has 0 amide bonds. The Morgan fingerprint density at radius 3 is 2.81 bits per heavy atom. The fourth-order valence-electron chi connectivity index (χ4n) is 1.95. The number of halogens is 2. The molecule has 0 bridgehead atoms. The highest BCUT2D eigenvalue weighted by Gasteiger charge is 2.20. The first-order chi connectivity index (χ1) is 9.93. The molecule has 21 heavy (non-hydrogen) atoms. The lowest BCUT2D eigenvalue weighted by Gasteiger charge is -2.07. The maximum Gasteiger partial charge on any atom is 0.359 e. The van der Waals surface area contributed by atoms with Crippen LogP contribution < -0.4 is 5.73 Å². The van der Waals surface area contributed by atoms with Crippen LogP contribution >= 0.6 is 11.6 Å². The summed E-state index contributed by atoms with van der Waals surface area (Å²) in [4.78, 5) is 12.1. The summed E-state index contributed by atoms with van der Waals surface area (Å²) < 4.78 is 19.5. The second-order valence-electron chi connectivity index (χ2n) is 4.50. The highest BCUT2D eigenvalue weighted by Crippen LogP contribution is 2.21. The predicted molar refractivity (Wildman–Crippen MR) is 77.5 cm³/mol. The third-order valence-corrected chi connectivity index (χ3v) is 3.41. The van der Waals surface area contributed by atoms with E-state index in [0.717, 1.165) is 0 Å². The quantitative estimate of drug-likeness (QED) is 0.881. The Balaban J connectivity index is 2.14. The van der Waals surface area contributed by atoms with Crippen LogP contribution in [-0.2, 0) is 24.8 Å². The van der Waals surface area contributed by atoms with Gasteiger partial charge in [0.05, 0.1) is 16.4 Å². The molecule has 0 fully saturated rings.